The Morgan fingerprint density at radius 2 is 1.80 bits per heavy atom. The zero-order chi connectivity index (χ0) is 30.0. The molecule has 0 bridgehead atoms. The van der Waals surface area contributed by atoms with Gasteiger partial charge in [0.1, 0.15) is 11.9 Å². The number of nitrogens with zero attached hydrogens (tertiary/aromatic N) is 3. The van der Waals surface area contributed by atoms with Crippen LogP contribution in [0.4, 0.5) is 4.39 Å². The average molecular weight is 742 g/mol. The predicted octanol–water partition coefficient (Wildman–Crippen LogP) is 9.23. The normalized spacial score (nSPS) is 21.2. The number of aliphatic carboxylic acids is 1. The standard InChI is InChI=1S/C33H40Cl2FN3O2S.3ClH/c1-20(2)32(33(40)41)38(3)26-16-24(27(17-26)23-5-4-6-25(36)15-23)19-39-11-9-22(10-12-39)30-18-37-31(42-30)14-21-7-8-28(34)29(35)13-21;;;/h4-8,13,15,18,20,22,24,26-27,32H,9-12,14,16-17,19H2,1-3H3,(H,40,41);3*1H/t24?,26?,27?,32-;;;/m1.../s1. The number of aromatic nitrogens is 1. The van der Waals surface area contributed by atoms with Gasteiger partial charge in [-0.05, 0) is 105 Å². The molecule has 12 heteroatoms. The minimum Gasteiger partial charge on any atom is -0.480 e. The van der Waals surface area contributed by atoms with Gasteiger partial charge in [0, 0.05) is 30.1 Å². The van der Waals surface area contributed by atoms with Gasteiger partial charge in [0.15, 0.2) is 0 Å². The Kier molecular flexibility index (Phi) is 15.9. The Hall–Kier alpha value is -1.16. The van der Waals surface area contributed by atoms with Crippen molar-refractivity contribution >= 4 is 77.7 Å². The van der Waals surface area contributed by atoms with E-state index in [0.29, 0.717) is 21.9 Å². The lowest BCUT2D eigenvalue weighted by atomic mass is 9.87. The summed E-state index contributed by atoms with van der Waals surface area (Å²) in [5.74, 6) is 0.0807. The minimum absolute atomic E-state index is 0. The Labute approximate surface area is 299 Å². The summed E-state index contributed by atoms with van der Waals surface area (Å²) in [5, 5.41) is 12.1. The van der Waals surface area contributed by atoms with E-state index >= 15 is 0 Å². The monoisotopic (exact) mass is 739 g/mol. The summed E-state index contributed by atoms with van der Waals surface area (Å²) in [7, 11) is 1.95. The quantitative estimate of drug-likeness (QED) is 0.225. The van der Waals surface area contributed by atoms with Crippen molar-refractivity contribution in [2.75, 3.05) is 26.7 Å². The van der Waals surface area contributed by atoms with Crippen LogP contribution in [-0.2, 0) is 11.2 Å². The maximum atomic E-state index is 14.2. The van der Waals surface area contributed by atoms with Gasteiger partial charge < -0.3 is 10.0 Å². The molecule has 1 saturated heterocycles. The molecule has 5 rings (SSSR count). The molecular weight excluding hydrogens is 699 g/mol. The molecule has 3 aromatic rings. The number of benzene rings is 2. The Balaban J connectivity index is 0.00000235. The second-order valence-electron chi connectivity index (χ2n) is 12.4. The Morgan fingerprint density at radius 1 is 1.09 bits per heavy atom. The first-order valence-corrected chi connectivity index (χ1v) is 16.5. The van der Waals surface area contributed by atoms with Gasteiger partial charge in [0.25, 0.3) is 0 Å². The summed E-state index contributed by atoms with van der Waals surface area (Å²) in [6, 6.07) is 12.4. The van der Waals surface area contributed by atoms with Crippen LogP contribution in [-0.4, -0.2) is 64.6 Å². The molecule has 1 N–H and O–H groups in total. The number of carboxylic acid groups (broad SMARTS) is 1. The zero-order valence-corrected chi connectivity index (χ0v) is 30.5. The van der Waals surface area contributed by atoms with Crippen molar-refractivity contribution in [3.8, 4) is 0 Å². The fraction of sp³-hybridized carbons (Fsp3) is 0.515. The van der Waals surface area contributed by atoms with E-state index in [9.17, 15) is 14.3 Å². The number of likely N-dealkylation sites (tertiary alicyclic amines) is 1. The average Bonchev–Trinajstić information content (AvgIpc) is 3.58. The number of hydrogen-bond acceptors (Lipinski definition) is 5. The van der Waals surface area contributed by atoms with Crippen LogP contribution in [0, 0.1) is 17.7 Å². The van der Waals surface area contributed by atoms with Crippen LogP contribution in [0.25, 0.3) is 0 Å². The summed E-state index contributed by atoms with van der Waals surface area (Å²) in [6.45, 7) is 6.91. The minimum atomic E-state index is -0.775. The van der Waals surface area contributed by atoms with Crippen LogP contribution in [0.15, 0.2) is 48.7 Å². The van der Waals surface area contributed by atoms with E-state index in [-0.39, 0.29) is 60.9 Å². The molecule has 250 valence electrons. The molecular formula is C33H43Cl5FN3O2S. The van der Waals surface area contributed by atoms with Crippen molar-refractivity contribution < 1.29 is 14.3 Å². The lowest BCUT2D eigenvalue weighted by Crippen LogP contribution is -2.47. The predicted molar refractivity (Wildman–Crippen MR) is 191 cm³/mol. The molecule has 0 amide bonds. The fourth-order valence-electron chi connectivity index (χ4n) is 7.08. The van der Waals surface area contributed by atoms with Gasteiger partial charge in [-0.25, -0.2) is 9.37 Å². The Morgan fingerprint density at radius 3 is 2.42 bits per heavy atom. The number of rotatable bonds is 10. The van der Waals surface area contributed by atoms with Gasteiger partial charge >= 0.3 is 5.97 Å². The van der Waals surface area contributed by atoms with Crippen LogP contribution < -0.4 is 0 Å². The largest absolute Gasteiger partial charge is 0.480 e. The zero-order valence-electron chi connectivity index (χ0n) is 25.7. The molecule has 3 unspecified atom stereocenters. The molecule has 0 radical (unpaired) electrons. The molecule has 2 fully saturated rings. The van der Waals surface area contributed by atoms with Gasteiger partial charge in [0.05, 0.1) is 15.1 Å². The number of halogens is 6. The van der Waals surface area contributed by atoms with Crippen molar-refractivity contribution in [3.63, 3.8) is 0 Å². The second-order valence-corrected chi connectivity index (χ2v) is 14.4. The summed E-state index contributed by atoms with van der Waals surface area (Å²) < 4.78 is 14.2. The lowest BCUT2D eigenvalue weighted by molar-refractivity contribution is -0.145. The smallest absolute Gasteiger partial charge is 0.321 e. The molecule has 4 atom stereocenters. The highest BCUT2D eigenvalue weighted by Gasteiger charge is 2.41. The van der Waals surface area contributed by atoms with Gasteiger partial charge in [-0.1, -0.05) is 55.2 Å². The van der Waals surface area contributed by atoms with Gasteiger partial charge in [-0.15, -0.1) is 48.6 Å². The molecule has 1 aliphatic heterocycles. The van der Waals surface area contributed by atoms with Crippen LogP contribution in [0.2, 0.25) is 10.0 Å². The summed E-state index contributed by atoms with van der Waals surface area (Å²) in [6.07, 6.45) is 6.73. The maximum absolute atomic E-state index is 14.2. The number of likely N-dealkylation sites (N-methyl/N-ethyl adjacent to an activating group) is 1. The molecule has 2 aliphatic rings. The van der Waals surface area contributed by atoms with E-state index in [1.165, 1.54) is 10.9 Å². The van der Waals surface area contributed by atoms with E-state index < -0.39 is 12.0 Å². The van der Waals surface area contributed by atoms with Gasteiger partial charge in [0.2, 0.25) is 0 Å². The number of piperidine rings is 1. The van der Waals surface area contributed by atoms with Crippen LogP contribution in [0.1, 0.15) is 72.4 Å². The third-order valence-electron chi connectivity index (χ3n) is 9.24. The number of carboxylic acids is 1. The van der Waals surface area contributed by atoms with E-state index in [2.05, 4.69) is 9.80 Å². The molecule has 2 heterocycles. The van der Waals surface area contributed by atoms with Crippen molar-refractivity contribution in [3.05, 3.63) is 85.5 Å². The first-order valence-electron chi connectivity index (χ1n) is 14.9. The van der Waals surface area contributed by atoms with Crippen molar-refractivity contribution in [1.82, 2.24) is 14.8 Å². The second kappa shape index (κ2) is 17.8. The number of thiazole rings is 1. The number of carbonyl (C=O) groups is 1. The Bertz CT molecular complexity index is 1390. The van der Waals surface area contributed by atoms with E-state index in [1.807, 2.05) is 51.4 Å². The van der Waals surface area contributed by atoms with Crippen LogP contribution >= 0.6 is 71.8 Å². The third kappa shape index (κ3) is 9.93. The molecule has 45 heavy (non-hydrogen) atoms. The molecule has 5 nitrogen and oxygen atoms in total. The fourth-order valence-corrected chi connectivity index (χ4v) is 8.53. The molecule has 0 spiro atoms. The highest BCUT2D eigenvalue weighted by molar-refractivity contribution is 7.11. The molecule has 1 aromatic heterocycles. The molecule has 1 aliphatic carbocycles. The van der Waals surface area contributed by atoms with Gasteiger partial charge in [-0.2, -0.15) is 0 Å². The first-order chi connectivity index (χ1) is 20.1. The SMILES string of the molecule is CC(C)[C@H](C(=O)O)N(C)C1CC(CN2CCC(c3cnc(Cc4ccc(Cl)c(Cl)c4)s3)CC2)C(c2cccc(F)c2)C1.Cl.Cl.Cl. The maximum Gasteiger partial charge on any atom is 0.321 e. The van der Waals surface area contributed by atoms with Crippen molar-refractivity contribution in [2.24, 2.45) is 11.8 Å². The molecule has 1 saturated carbocycles. The highest BCUT2D eigenvalue weighted by Crippen LogP contribution is 2.44. The van der Waals surface area contributed by atoms with E-state index in [4.69, 9.17) is 28.2 Å². The summed E-state index contributed by atoms with van der Waals surface area (Å²) in [4.78, 5) is 22.8. The molecule has 2 aromatic carbocycles. The van der Waals surface area contributed by atoms with Gasteiger partial charge in [-0.3, -0.25) is 9.69 Å². The third-order valence-corrected chi connectivity index (χ3v) is 11.1. The first kappa shape index (κ1) is 40.0. The van der Waals surface area contributed by atoms with Crippen LogP contribution in [0.5, 0.6) is 0 Å². The van der Waals surface area contributed by atoms with Crippen molar-refractivity contribution in [1.29, 1.82) is 0 Å². The summed E-state index contributed by atoms with van der Waals surface area (Å²) >= 11 is 14.1. The summed E-state index contributed by atoms with van der Waals surface area (Å²) in [5.41, 5.74) is 2.14. The van der Waals surface area contributed by atoms with E-state index in [1.54, 1.807) is 23.5 Å². The topological polar surface area (TPSA) is 56.7 Å². The number of hydrogen-bond donors (Lipinski definition) is 1. The lowest BCUT2D eigenvalue weighted by Gasteiger charge is -2.35. The van der Waals surface area contributed by atoms with Crippen LogP contribution in [0.3, 0.4) is 0 Å². The highest BCUT2D eigenvalue weighted by atomic mass is 35.5. The van der Waals surface area contributed by atoms with Crippen molar-refractivity contribution in [2.45, 2.75) is 69.9 Å². The van der Waals surface area contributed by atoms with E-state index in [0.717, 1.165) is 67.9 Å².